The van der Waals surface area contributed by atoms with Gasteiger partial charge in [-0.25, -0.2) is 9.78 Å². The van der Waals surface area contributed by atoms with Crippen LogP contribution in [0.25, 0.3) is 11.3 Å². The van der Waals surface area contributed by atoms with Crippen LogP contribution in [-0.4, -0.2) is 27.9 Å². The molecule has 4 rings (SSSR count). The second-order valence-electron chi connectivity index (χ2n) is 8.37. The Labute approximate surface area is 228 Å². The van der Waals surface area contributed by atoms with Crippen LogP contribution in [0.3, 0.4) is 0 Å². The number of aromatic nitrogens is 1. The van der Waals surface area contributed by atoms with E-state index in [9.17, 15) is 14.4 Å². The standard InChI is InChI=1S/C29H25N3O4S2/c1-18-8-10-20(11-9-18)26-19(2)37-29(31-26)32-28(36)27(21-6-4-3-5-7-21)38-23-14-12-22(13-15-23)30-24(33)16-17-25(34)35/h3-17,27H,1-2H3,(H,30,33)(H,34,35)(H,31,32,36)/b17-16+. The highest BCUT2D eigenvalue weighted by molar-refractivity contribution is 8.00. The maximum Gasteiger partial charge on any atom is 0.328 e. The van der Waals surface area contributed by atoms with Crippen LogP contribution in [0.4, 0.5) is 10.8 Å². The molecule has 192 valence electrons. The molecule has 38 heavy (non-hydrogen) atoms. The average Bonchev–Trinajstić information content (AvgIpc) is 3.27. The number of benzene rings is 3. The molecule has 1 heterocycles. The Balaban J connectivity index is 1.50. The zero-order valence-corrected chi connectivity index (χ0v) is 22.3. The Bertz CT molecular complexity index is 1460. The van der Waals surface area contributed by atoms with E-state index >= 15 is 0 Å². The summed E-state index contributed by atoms with van der Waals surface area (Å²) in [6.45, 7) is 4.03. The molecule has 0 aliphatic heterocycles. The van der Waals surface area contributed by atoms with Gasteiger partial charge in [0.25, 0.3) is 0 Å². The molecule has 3 N–H and O–H groups in total. The number of rotatable bonds is 9. The summed E-state index contributed by atoms with van der Waals surface area (Å²) >= 11 is 2.82. The van der Waals surface area contributed by atoms with E-state index in [2.05, 4.69) is 10.6 Å². The minimum absolute atomic E-state index is 0.193. The molecule has 7 nitrogen and oxygen atoms in total. The third-order valence-corrected chi connectivity index (χ3v) is 7.60. The first-order chi connectivity index (χ1) is 18.3. The number of hydrogen-bond acceptors (Lipinski definition) is 6. The highest BCUT2D eigenvalue weighted by Crippen LogP contribution is 2.38. The summed E-state index contributed by atoms with van der Waals surface area (Å²) in [7, 11) is 0. The van der Waals surface area contributed by atoms with Crippen molar-refractivity contribution in [2.45, 2.75) is 24.0 Å². The number of carbonyl (C=O) groups excluding carboxylic acids is 2. The van der Waals surface area contributed by atoms with Crippen LogP contribution in [0.1, 0.15) is 21.3 Å². The zero-order valence-electron chi connectivity index (χ0n) is 20.7. The van der Waals surface area contributed by atoms with E-state index in [1.165, 1.54) is 28.7 Å². The van der Waals surface area contributed by atoms with E-state index in [1.807, 2.05) is 68.4 Å². The zero-order chi connectivity index (χ0) is 27.1. The van der Waals surface area contributed by atoms with Crippen molar-refractivity contribution in [3.63, 3.8) is 0 Å². The van der Waals surface area contributed by atoms with Crippen molar-refractivity contribution in [1.82, 2.24) is 4.98 Å². The van der Waals surface area contributed by atoms with Crippen molar-refractivity contribution < 1.29 is 19.5 Å². The maximum absolute atomic E-state index is 13.5. The molecule has 1 unspecified atom stereocenters. The second-order valence-corrected chi connectivity index (χ2v) is 10.8. The van der Waals surface area contributed by atoms with Crippen molar-refractivity contribution in [2.24, 2.45) is 0 Å². The number of carboxylic acids is 1. The molecule has 0 fully saturated rings. The number of amides is 2. The summed E-state index contributed by atoms with van der Waals surface area (Å²) in [5.41, 5.74) is 4.38. The topological polar surface area (TPSA) is 108 Å². The number of nitrogens with zero attached hydrogens (tertiary/aromatic N) is 1. The minimum Gasteiger partial charge on any atom is -0.478 e. The van der Waals surface area contributed by atoms with Crippen LogP contribution < -0.4 is 10.6 Å². The van der Waals surface area contributed by atoms with Crippen LogP contribution in [0.5, 0.6) is 0 Å². The number of aliphatic carboxylic acids is 1. The third kappa shape index (κ3) is 7.18. The van der Waals surface area contributed by atoms with Crippen molar-refractivity contribution in [3.05, 3.63) is 107 Å². The van der Waals surface area contributed by atoms with E-state index in [-0.39, 0.29) is 5.91 Å². The number of thioether (sulfide) groups is 1. The van der Waals surface area contributed by atoms with Gasteiger partial charge < -0.3 is 15.7 Å². The first kappa shape index (κ1) is 26.8. The smallest absolute Gasteiger partial charge is 0.328 e. The van der Waals surface area contributed by atoms with Crippen molar-refractivity contribution in [2.75, 3.05) is 10.6 Å². The molecule has 0 saturated carbocycles. The summed E-state index contributed by atoms with van der Waals surface area (Å²) in [4.78, 5) is 42.4. The van der Waals surface area contributed by atoms with Gasteiger partial charge in [-0.1, -0.05) is 60.2 Å². The predicted molar refractivity (Wildman–Crippen MR) is 153 cm³/mol. The Morgan fingerprint density at radius 3 is 2.24 bits per heavy atom. The lowest BCUT2D eigenvalue weighted by Crippen LogP contribution is -2.19. The fraction of sp³-hybridized carbons (Fsp3) is 0.103. The van der Waals surface area contributed by atoms with E-state index in [4.69, 9.17) is 10.1 Å². The van der Waals surface area contributed by atoms with Crippen LogP contribution >= 0.6 is 23.1 Å². The van der Waals surface area contributed by atoms with Crippen LogP contribution in [0.15, 0.2) is 95.9 Å². The number of carbonyl (C=O) groups is 3. The molecule has 0 radical (unpaired) electrons. The van der Waals surface area contributed by atoms with Gasteiger partial charge in [0.15, 0.2) is 5.13 Å². The Kier molecular flexibility index (Phi) is 8.73. The van der Waals surface area contributed by atoms with Gasteiger partial charge in [0.1, 0.15) is 5.25 Å². The van der Waals surface area contributed by atoms with Crippen molar-refractivity contribution >= 4 is 51.7 Å². The van der Waals surface area contributed by atoms with Crippen LogP contribution in [-0.2, 0) is 14.4 Å². The molecule has 0 aliphatic carbocycles. The molecular formula is C29H25N3O4S2. The monoisotopic (exact) mass is 543 g/mol. The number of anilines is 2. The molecule has 4 aromatic rings. The molecule has 3 aromatic carbocycles. The van der Waals surface area contributed by atoms with Gasteiger partial charge >= 0.3 is 5.97 Å². The van der Waals surface area contributed by atoms with E-state index in [0.717, 1.165) is 38.7 Å². The minimum atomic E-state index is -1.20. The van der Waals surface area contributed by atoms with Crippen molar-refractivity contribution in [1.29, 1.82) is 0 Å². The molecule has 1 atom stereocenters. The molecule has 0 bridgehead atoms. The number of nitrogens with one attached hydrogen (secondary N) is 2. The molecule has 0 spiro atoms. The highest BCUT2D eigenvalue weighted by Gasteiger charge is 2.24. The lowest BCUT2D eigenvalue weighted by molar-refractivity contribution is -0.131. The lowest BCUT2D eigenvalue weighted by Gasteiger charge is -2.16. The van der Waals surface area contributed by atoms with Gasteiger partial charge in [0.05, 0.1) is 5.69 Å². The van der Waals surface area contributed by atoms with E-state index in [1.54, 1.807) is 24.3 Å². The first-order valence-electron chi connectivity index (χ1n) is 11.7. The second kappa shape index (κ2) is 12.4. The predicted octanol–water partition coefficient (Wildman–Crippen LogP) is 6.48. The summed E-state index contributed by atoms with van der Waals surface area (Å²) < 4.78 is 0. The van der Waals surface area contributed by atoms with Gasteiger partial charge in [-0.2, -0.15) is 0 Å². The summed E-state index contributed by atoms with van der Waals surface area (Å²) in [6.07, 6.45) is 1.72. The SMILES string of the molecule is Cc1ccc(-c2nc(NC(=O)C(Sc3ccc(NC(=O)/C=C/C(=O)O)cc3)c3ccccc3)sc2C)cc1. The lowest BCUT2D eigenvalue weighted by atomic mass is 10.1. The normalized spacial score (nSPS) is 11.7. The molecule has 0 aliphatic rings. The number of thiazole rings is 1. The van der Waals surface area contributed by atoms with E-state index in [0.29, 0.717) is 10.8 Å². The third-order valence-electron chi connectivity index (χ3n) is 5.45. The van der Waals surface area contributed by atoms with Crippen LogP contribution in [0, 0.1) is 13.8 Å². The van der Waals surface area contributed by atoms with Gasteiger partial charge in [-0.05, 0) is 43.7 Å². The number of carboxylic acid groups (broad SMARTS) is 1. The summed E-state index contributed by atoms with van der Waals surface area (Å²) in [5.74, 6) is -1.93. The van der Waals surface area contributed by atoms with Gasteiger partial charge in [0.2, 0.25) is 11.8 Å². The Morgan fingerprint density at radius 2 is 1.58 bits per heavy atom. The number of hydrogen-bond donors (Lipinski definition) is 3. The van der Waals surface area contributed by atoms with Gasteiger partial charge in [-0.3, -0.25) is 9.59 Å². The summed E-state index contributed by atoms with van der Waals surface area (Å²) in [6, 6.07) is 24.6. The molecule has 0 saturated heterocycles. The van der Waals surface area contributed by atoms with E-state index < -0.39 is 17.1 Å². The summed E-state index contributed by atoms with van der Waals surface area (Å²) in [5, 5.41) is 14.3. The quantitative estimate of drug-likeness (QED) is 0.165. The molecule has 1 aromatic heterocycles. The molecule has 2 amide bonds. The van der Waals surface area contributed by atoms with Crippen LogP contribution in [0.2, 0.25) is 0 Å². The average molecular weight is 544 g/mol. The Hall–Kier alpha value is -4.21. The molecule has 9 heteroatoms. The Morgan fingerprint density at radius 1 is 0.895 bits per heavy atom. The number of aryl methyl sites for hydroxylation is 2. The van der Waals surface area contributed by atoms with Crippen molar-refractivity contribution in [3.8, 4) is 11.3 Å². The fourth-order valence-corrected chi connectivity index (χ4v) is 5.45. The highest BCUT2D eigenvalue weighted by atomic mass is 32.2. The molecular weight excluding hydrogens is 518 g/mol. The fourth-order valence-electron chi connectivity index (χ4n) is 3.58. The van der Waals surface area contributed by atoms with Gasteiger partial charge in [0, 0.05) is 33.2 Å². The first-order valence-corrected chi connectivity index (χ1v) is 13.4. The van der Waals surface area contributed by atoms with Gasteiger partial charge in [-0.15, -0.1) is 23.1 Å². The largest absolute Gasteiger partial charge is 0.478 e. The maximum atomic E-state index is 13.5.